The van der Waals surface area contributed by atoms with Crippen molar-refractivity contribution in [3.8, 4) is 0 Å². The number of nitrogens with one attached hydrogen (secondary N) is 1. The Hall–Kier alpha value is -1.42. The fraction of sp³-hybridized carbons (Fsp3) is 0.400. The third-order valence-corrected chi connectivity index (χ3v) is 6.89. The van der Waals surface area contributed by atoms with E-state index in [1.165, 1.54) is 17.5 Å². The summed E-state index contributed by atoms with van der Waals surface area (Å²) < 4.78 is 6.50. The van der Waals surface area contributed by atoms with Gasteiger partial charge in [0.2, 0.25) is 0 Å². The molecule has 2 nitrogen and oxygen atoms in total. The number of rotatable bonds is 6. The van der Waals surface area contributed by atoms with E-state index in [2.05, 4.69) is 79.1 Å². The van der Waals surface area contributed by atoms with Gasteiger partial charge in [0.1, 0.15) is 0 Å². The molecule has 0 spiro atoms. The summed E-state index contributed by atoms with van der Waals surface area (Å²) in [6.45, 7) is 5.80. The molecule has 0 aliphatic carbocycles. The van der Waals surface area contributed by atoms with Crippen LogP contribution in [-0.2, 0) is 4.43 Å². The maximum Gasteiger partial charge on any atom is 0.189 e. The predicted molar refractivity (Wildman–Crippen MR) is 99.1 cm³/mol. The molecule has 3 heteroatoms. The largest absolute Gasteiger partial charge is 0.402 e. The molecule has 3 rings (SSSR count). The summed E-state index contributed by atoms with van der Waals surface area (Å²) in [6.07, 6.45) is 2.65. The molecule has 1 aliphatic heterocycles. The second-order valence-corrected chi connectivity index (χ2v) is 11.2. The fourth-order valence-electron chi connectivity index (χ4n) is 3.48. The van der Waals surface area contributed by atoms with Crippen LogP contribution in [0.15, 0.2) is 60.7 Å². The third kappa shape index (κ3) is 4.53. The van der Waals surface area contributed by atoms with Crippen LogP contribution in [-0.4, -0.2) is 21.1 Å². The molecule has 1 atom stereocenters. The van der Waals surface area contributed by atoms with Gasteiger partial charge in [-0.25, -0.2) is 0 Å². The van der Waals surface area contributed by atoms with Crippen LogP contribution >= 0.6 is 0 Å². The van der Waals surface area contributed by atoms with E-state index in [9.17, 15) is 0 Å². The first-order chi connectivity index (χ1) is 11.1. The quantitative estimate of drug-likeness (QED) is 0.774. The van der Waals surface area contributed by atoms with Gasteiger partial charge in [-0.05, 0) is 49.7 Å². The van der Waals surface area contributed by atoms with Gasteiger partial charge < -0.3 is 4.43 Å². The van der Waals surface area contributed by atoms with Gasteiger partial charge in [-0.1, -0.05) is 60.7 Å². The van der Waals surface area contributed by atoms with Crippen LogP contribution < -0.4 is 5.32 Å². The molecule has 1 fully saturated rings. The van der Waals surface area contributed by atoms with Gasteiger partial charge in [-0.2, -0.15) is 0 Å². The van der Waals surface area contributed by atoms with Gasteiger partial charge >= 0.3 is 0 Å². The van der Waals surface area contributed by atoms with E-state index in [1.807, 2.05) is 0 Å². The molecule has 2 aromatic carbocycles. The zero-order valence-corrected chi connectivity index (χ0v) is 15.2. The minimum atomic E-state index is -1.76. The van der Waals surface area contributed by atoms with E-state index in [1.54, 1.807) is 0 Å². The summed E-state index contributed by atoms with van der Waals surface area (Å²) in [7, 11) is -1.76. The Morgan fingerprint density at radius 2 is 1.57 bits per heavy atom. The lowest BCUT2D eigenvalue weighted by Crippen LogP contribution is -2.40. The molecule has 0 bridgehead atoms. The van der Waals surface area contributed by atoms with Crippen LogP contribution in [0, 0.1) is 0 Å². The lowest BCUT2D eigenvalue weighted by Gasteiger charge is -2.31. The second-order valence-electron chi connectivity index (χ2n) is 7.04. The molecule has 1 aliphatic rings. The summed E-state index contributed by atoms with van der Waals surface area (Å²) in [5.74, 6) is 0.417. The highest BCUT2D eigenvalue weighted by atomic mass is 28.4. The normalized spacial score (nSPS) is 18.5. The Kier molecular flexibility index (Phi) is 5.31. The molecule has 122 valence electrons. The molecule has 0 saturated carbocycles. The van der Waals surface area contributed by atoms with Gasteiger partial charge in [-0.15, -0.1) is 0 Å². The summed E-state index contributed by atoms with van der Waals surface area (Å²) in [5.41, 5.74) is 2.78. The zero-order chi connectivity index (χ0) is 16.1. The maximum absolute atomic E-state index is 6.50. The van der Waals surface area contributed by atoms with E-state index >= 15 is 0 Å². The number of benzene rings is 2. The molecule has 0 unspecified atom stereocenters. The van der Waals surface area contributed by atoms with Crippen molar-refractivity contribution in [2.45, 2.75) is 44.1 Å². The topological polar surface area (TPSA) is 21.3 Å². The van der Waals surface area contributed by atoms with Crippen LogP contribution in [0.4, 0.5) is 0 Å². The van der Waals surface area contributed by atoms with Crippen molar-refractivity contribution in [3.05, 3.63) is 71.8 Å². The molecule has 1 saturated heterocycles. The van der Waals surface area contributed by atoms with Crippen LogP contribution in [0.25, 0.3) is 0 Å². The summed E-state index contributed by atoms with van der Waals surface area (Å²) >= 11 is 0. The van der Waals surface area contributed by atoms with Crippen LogP contribution in [0.5, 0.6) is 0 Å². The zero-order valence-electron chi connectivity index (χ0n) is 14.2. The van der Waals surface area contributed by atoms with E-state index in [4.69, 9.17) is 4.43 Å². The maximum atomic E-state index is 6.50. The van der Waals surface area contributed by atoms with E-state index in [0.29, 0.717) is 5.92 Å². The molecule has 23 heavy (non-hydrogen) atoms. The van der Waals surface area contributed by atoms with Crippen LogP contribution in [0.1, 0.15) is 29.9 Å². The first-order valence-corrected chi connectivity index (χ1v) is 11.8. The van der Waals surface area contributed by atoms with Gasteiger partial charge in [0.15, 0.2) is 8.32 Å². The van der Waals surface area contributed by atoms with Gasteiger partial charge in [0.05, 0.1) is 6.23 Å². The third-order valence-electron chi connectivity index (χ3n) is 4.58. The molecule has 1 N–H and O–H groups in total. The van der Waals surface area contributed by atoms with E-state index in [0.717, 1.165) is 19.0 Å². The van der Waals surface area contributed by atoms with Crippen molar-refractivity contribution in [3.63, 3.8) is 0 Å². The minimum absolute atomic E-state index is 0.267. The average molecular weight is 326 g/mol. The van der Waals surface area contributed by atoms with Gasteiger partial charge in [0, 0.05) is 5.92 Å². The highest BCUT2D eigenvalue weighted by Gasteiger charge is 2.32. The SMILES string of the molecule is C[Si](C)(CC(c1ccccc1)c1ccccc1)O[C@H]1CCCN1. The van der Waals surface area contributed by atoms with Crippen molar-refractivity contribution in [1.29, 1.82) is 0 Å². The summed E-state index contributed by atoms with van der Waals surface area (Å²) in [5, 5.41) is 3.48. The Morgan fingerprint density at radius 1 is 1.00 bits per heavy atom. The lowest BCUT2D eigenvalue weighted by atomic mass is 9.93. The van der Waals surface area contributed by atoms with Crippen molar-refractivity contribution >= 4 is 8.32 Å². The highest BCUT2D eigenvalue weighted by molar-refractivity contribution is 6.71. The molecular formula is C20H27NOSi. The molecular weight excluding hydrogens is 298 g/mol. The molecule has 0 amide bonds. The number of hydrogen-bond donors (Lipinski definition) is 1. The van der Waals surface area contributed by atoms with Crippen molar-refractivity contribution in [2.75, 3.05) is 6.54 Å². The first-order valence-electron chi connectivity index (χ1n) is 8.65. The van der Waals surface area contributed by atoms with Crippen molar-refractivity contribution in [2.24, 2.45) is 0 Å². The number of hydrogen-bond acceptors (Lipinski definition) is 2. The average Bonchev–Trinajstić information content (AvgIpc) is 3.06. The fourth-order valence-corrected chi connectivity index (χ4v) is 6.00. The summed E-state index contributed by atoms with van der Waals surface area (Å²) in [4.78, 5) is 0. The Bertz CT molecular complexity index is 554. The lowest BCUT2D eigenvalue weighted by molar-refractivity contribution is 0.176. The standard InChI is InChI=1S/C20H27NOSi/c1-23(2,22-20-14-9-15-21-20)16-19(17-10-5-3-6-11-17)18-12-7-4-8-13-18/h3-8,10-13,19-21H,9,14-16H2,1-2H3/t20-/m0/s1. The molecule has 2 aromatic rings. The minimum Gasteiger partial charge on any atom is -0.402 e. The smallest absolute Gasteiger partial charge is 0.189 e. The van der Waals surface area contributed by atoms with Crippen LogP contribution in [0.2, 0.25) is 19.1 Å². The van der Waals surface area contributed by atoms with Crippen molar-refractivity contribution in [1.82, 2.24) is 5.32 Å². The molecule has 0 aromatic heterocycles. The van der Waals surface area contributed by atoms with Crippen LogP contribution in [0.3, 0.4) is 0 Å². The second kappa shape index (κ2) is 7.43. The first kappa shape index (κ1) is 16.4. The van der Waals surface area contributed by atoms with Gasteiger partial charge in [0.25, 0.3) is 0 Å². The molecule has 1 heterocycles. The predicted octanol–water partition coefficient (Wildman–Crippen LogP) is 4.75. The van der Waals surface area contributed by atoms with Gasteiger partial charge in [-0.3, -0.25) is 5.32 Å². The Morgan fingerprint density at radius 3 is 2.04 bits per heavy atom. The van der Waals surface area contributed by atoms with E-state index in [-0.39, 0.29) is 6.23 Å². The van der Waals surface area contributed by atoms with E-state index < -0.39 is 8.32 Å². The monoisotopic (exact) mass is 325 g/mol. The summed E-state index contributed by atoms with van der Waals surface area (Å²) in [6, 6.07) is 22.8. The Balaban J connectivity index is 1.81. The van der Waals surface area contributed by atoms with Crippen molar-refractivity contribution < 1.29 is 4.43 Å². The highest BCUT2D eigenvalue weighted by Crippen LogP contribution is 2.34. The molecule has 0 radical (unpaired) electrons. The Labute approximate surface area is 141 Å².